The van der Waals surface area contributed by atoms with Crippen LogP contribution < -0.4 is 0 Å². The topological polar surface area (TPSA) is 83.8 Å². The van der Waals surface area contributed by atoms with E-state index in [4.69, 9.17) is 5.11 Å². The zero-order valence-corrected chi connectivity index (χ0v) is 10.7. The van der Waals surface area contributed by atoms with Crippen LogP contribution in [0.2, 0.25) is 0 Å². The molecule has 0 atom stereocenters. The number of carbonyl (C=O) groups is 2. The van der Waals surface area contributed by atoms with E-state index in [1.165, 1.54) is 31.4 Å². The minimum atomic E-state index is -1.05. The molecule has 100 valence electrons. The lowest BCUT2D eigenvalue weighted by atomic mass is 10.0. The van der Waals surface area contributed by atoms with E-state index in [2.05, 4.69) is 4.74 Å². The molecule has 0 fully saturated rings. The Labute approximate surface area is 114 Å². The largest absolute Gasteiger partial charge is 0.507 e. The lowest BCUT2D eigenvalue weighted by Gasteiger charge is -2.06. The highest BCUT2D eigenvalue weighted by molar-refractivity contribution is 6.00. The molecule has 6 heteroatoms. The Morgan fingerprint density at radius 1 is 1.11 bits per heavy atom. The van der Waals surface area contributed by atoms with Crippen LogP contribution >= 0.6 is 12.4 Å². The minimum absolute atomic E-state index is 0. The molecule has 0 saturated heterocycles. The number of aromatic carboxylic acids is 1. The fraction of sp³-hybridized carbons (Fsp3) is 0.0769. The molecule has 0 aromatic heterocycles. The first-order valence-electron chi connectivity index (χ1n) is 5.11. The van der Waals surface area contributed by atoms with Gasteiger partial charge in [-0.2, -0.15) is 0 Å². The summed E-state index contributed by atoms with van der Waals surface area (Å²) >= 11 is 0. The van der Waals surface area contributed by atoms with Crippen LogP contribution in [0, 0.1) is 0 Å². The number of carboxylic acids is 1. The minimum Gasteiger partial charge on any atom is -0.507 e. The molecule has 0 heterocycles. The molecule has 2 aromatic rings. The van der Waals surface area contributed by atoms with E-state index in [0.717, 1.165) is 0 Å². The fourth-order valence-electron chi connectivity index (χ4n) is 1.69. The Kier molecular flexibility index (Phi) is 4.34. The molecule has 2 N–H and O–H groups in total. The van der Waals surface area contributed by atoms with Gasteiger partial charge in [-0.15, -0.1) is 12.4 Å². The van der Waals surface area contributed by atoms with Gasteiger partial charge in [-0.05, 0) is 35.0 Å². The Hall–Kier alpha value is -2.27. The number of phenolic OH excluding ortho intramolecular Hbond substituents is 1. The predicted octanol–water partition coefficient (Wildman–Crippen LogP) is 2.45. The number of carbonyl (C=O) groups excluding carboxylic acids is 1. The van der Waals surface area contributed by atoms with Gasteiger partial charge in [-0.3, -0.25) is 0 Å². The predicted molar refractivity (Wildman–Crippen MR) is 71.2 cm³/mol. The second-order valence-electron chi connectivity index (χ2n) is 3.73. The Morgan fingerprint density at radius 2 is 1.79 bits per heavy atom. The van der Waals surface area contributed by atoms with Gasteiger partial charge < -0.3 is 14.9 Å². The number of rotatable bonds is 2. The normalized spacial score (nSPS) is 9.74. The van der Waals surface area contributed by atoms with Gasteiger partial charge in [-0.25, -0.2) is 9.59 Å². The number of halogens is 1. The van der Waals surface area contributed by atoms with Crippen molar-refractivity contribution in [2.75, 3.05) is 7.11 Å². The molecule has 2 aromatic carbocycles. The number of methoxy groups -OCH3 is 1. The molecule has 0 aliphatic carbocycles. The number of benzene rings is 2. The Bertz CT molecular complexity index is 651. The molecular formula is C13H11ClO5. The van der Waals surface area contributed by atoms with E-state index in [1.807, 2.05) is 0 Å². The third-order valence-corrected chi connectivity index (χ3v) is 2.61. The molecule has 0 spiro atoms. The second kappa shape index (κ2) is 5.58. The summed E-state index contributed by atoms with van der Waals surface area (Å²) < 4.78 is 4.53. The highest BCUT2D eigenvalue weighted by Crippen LogP contribution is 2.26. The fourth-order valence-corrected chi connectivity index (χ4v) is 1.69. The van der Waals surface area contributed by atoms with Crippen LogP contribution in [0.1, 0.15) is 20.7 Å². The molecular weight excluding hydrogens is 272 g/mol. The lowest BCUT2D eigenvalue weighted by molar-refractivity contribution is 0.0597. The van der Waals surface area contributed by atoms with Gasteiger partial charge in [0.2, 0.25) is 0 Å². The van der Waals surface area contributed by atoms with Crippen LogP contribution in [0.25, 0.3) is 10.8 Å². The van der Waals surface area contributed by atoms with Crippen molar-refractivity contribution in [2.24, 2.45) is 0 Å². The maximum atomic E-state index is 11.4. The highest BCUT2D eigenvalue weighted by atomic mass is 35.5. The van der Waals surface area contributed by atoms with Gasteiger partial charge in [0.1, 0.15) is 11.3 Å². The van der Waals surface area contributed by atoms with Gasteiger partial charge in [0.25, 0.3) is 0 Å². The first-order chi connectivity index (χ1) is 8.52. The zero-order valence-electron chi connectivity index (χ0n) is 9.91. The van der Waals surface area contributed by atoms with Crippen LogP contribution in [-0.4, -0.2) is 29.3 Å². The SMILES string of the molecule is COC(=O)c1cc2cc(C(=O)O)ccc2cc1O.Cl. The molecule has 2 rings (SSSR count). The van der Waals surface area contributed by atoms with E-state index in [1.54, 1.807) is 6.07 Å². The number of hydrogen-bond acceptors (Lipinski definition) is 4. The van der Waals surface area contributed by atoms with Gasteiger partial charge in [0.05, 0.1) is 12.7 Å². The number of esters is 1. The van der Waals surface area contributed by atoms with Crippen molar-refractivity contribution < 1.29 is 24.5 Å². The maximum Gasteiger partial charge on any atom is 0.341 e. The second-order valence-corrected chi connectivity index (χ2v) is 3.73. The highest BCUT2D eigenvalue weighted by Gasteiger charge is 2.13. The standard InChI is InChI=1S/C13H10O5.ClH/c1-18-13(17)10-5-9-4-8(12(15)16)3-2-7(9)6-11(10)14;/h2-6,14H,1H3,(H,15,16);1H. The zero-order chi connectivity index (χ0) is 13.3. The molecule has 0 aliphatic rings. The third kappa shape index (κ3) is 2.77. The molecule has 0 saturated carbocycles. The quantitative estimate of drug-likeness (QED) is 0.827. The average Bonchev–Trinajstić information content (AvgIpc) is 2.36. The summed E-state index contributed by atoms with van der Waals surface area (Å²) in [5.74, 6) is -1.92. The van der Waals surface area contributed by atoms with Crippen molar-refractivity contribution >= 4 is 35.1 Å². The van der Waals surface area contributed by atoms with Crippen molar-refractivity contribution in [3.05, 3.63) is 41.5 Å². The average molecular weight is 283 g/mol. The Morgan fingerprint density at radius 3 is 2.37 bits per heavy atom. The summed E-state index contributed by atoms with van der Waals surface area (Å²) in [5.41, 5.74) is 0.122. The van der Waals surface area contributed by atoms with E-state index in [9.17, 15) is 14.7 Å². The first kappa shape index (κ1) is 14.8. The summed E-state index contributed by atoms with van der Waals surface area (Å²) in [4.78, 5) is 22.2. The van der Waals surface area contributed by atoms with Gasteiger partial charge in [0.15, 0.2) is 0 Å². The van der Waals surface area contributed by atoms with Crippen molar-refractivity contribution in [3.8, 4) is 5.75 Å². The van der Waals surface area contributed by atoms with E-state index in [-0.39, 0.29) is 29.3 Å². The van der Waals surface area contributed by atoms with Crippen molar-refractivity contribution in [1.29, 1.82) is 0 Å². The summed E-state index contributed by atoms with van der Waals surface area (Å²) in [5, 5.41) is 19.7. The molecule has 5 nitrogen and oxygen atoms in total. The van der Waals surface area contributed by atoms with Crippen molar-refractivity contribution in [2.45, 2.75) is 0 Å². The molecule has 19 heavy (non-hydrogen) atoms. The van der Waals surface area contributed by atoms with Crippen molar-refractivity contribution in [3.63, 3.8) is 0 Å². The van der Waals surface area contributed by atoms with Crippen molar-refractivity contribution in [1.82, 2.24) is 0 Å². The van der Waals surface area contributed by atoms with E-state index in [0.29, 0.717) is 10.8 Å². The summed E-state index contributed by atoms with van der Waals surface area (Å²) in [6.45, 7) is 0. The number of carboxylic acid groups (broad SMARTS) is 1. The molecule has 0 unspecified atom stereocenters. The van der Waals surface area contributed by atoms with Crippen LogP contribution in [-0.2, 0) is 4.74 Å². The third-order valence-electron chi connectivity index (χ3n) is 2.61. The number of ether oxygens (including phenoxy) is 1. The number of fused-ring (bicyclic) bond motifs is 1. The summed E-state index contributed by atoms with van der Waals surface area (Å²) in [7, 11) is 1.21. The molecule has 0 amide bonds. The maximum absolute atomic E-state index is 11.4. The Balaban J connectivity index is 0.00000180. The number of aromatic hydroxyl groups is 1. The first-order valence-corrected chi connectivity index (χ1v) is 5.11. The van der Waals surface area contributed by atoms with E-state index >= 15 is 0 Å². The molecule has 0 aliphatic heterocycles. The van der Waals surface area contributed by atoms with Crippen LogP contribution in [0.5, 0.6) is 5.75 Å². The van der Waals surface area contributed by atoms with Crippen LogP contribution in [0.4, 0.5) is 0 Å². The lowest BCUT2D eigenvalue weighted by Crippen LogP contribution is -2.02. The summed E-state index contributed by atoms with van der Waals surface area (Å²) in [6.07, 6.45) is 0. The van der Waals surface area contributed by atoms with Crippen LogP contribution in [0.3, 0.4) is 0 Å². The monoisotopic (exact) mass is 282 g/mol. The van der Waals surface area contributed by atoms with Gasteiger partial charge in [-0.1, -0.05) is 6.07 Å². The molecule has 0 bridgehead atoms. The van der Waals surface area contributed by atoms with Gasteiger partial charge in [0, 0.05) is 0 Å². The number of hydrogen-bond donors (Lipinski definition) is 2. The smallest absolute Gasteiger partial charge is 0.341 e. The summed E-state index contributed by atoms with van der Waals surface area (Å²) in [6, 6.07) is 7.24. The van der Waals surface area contributed by atoms with Crippen LogP contribution in [0.15, 0.2) is 30.3 Å². The number of phenols is 1. The van der Waals surface area contributed by atoms with Gasteiger partial charge >= 0.3 is 11.9 Å². The molecule has 0 radical (unpaired) electrons. The van der Waals surface area contributed by atoms with E-state index < -0.39 is 11.9 Å².